The molecule has 0 N–H and O–H groups in total. The molecule has 0 radical (unpaired) electrons. The SMILES string of the molecule is CSCCN(C)C(=O)c1cc([N+](=O)[O-])ccc1Br. The minimum absolute atomic E-state index is 0.0835. The molecule has 0 spiro atoms. The van der Waals surface area contributed by atoms with E-state index in [1.807, 2.05) is 6.26 Å². The number of nitro benzene ring substituents is 1. The van der Waals surface area contributed by atoms with Crippen LogP contribution in [0.5, 0.6) is 0 Å². The van der Waals surface area contributed by atoms with Gasteiger partial charge in [-0.15, -0.1) is 0 Å². The summed E-state index contributed by atoms with van der Waals surface area (Å²) in [5.41, 5.74) is 0.229. The van der Waals surface area contributed by atoms with E-state index in [2.05, 4.69) is 15.9 Å². The third kappa shape index (κ3) is 3.71. The Labute approximate surface area is 118 Å². The van der Waals surface area contributed by atoms with Crippen LogP contribution in [-0.4, -0.2) is 41.3 Å². The van der Waals surface area contributed by atoms with Crippen molar-refractivity contribution in [1.29, 1.82) is 0 Å². The van der Waals surface area contributed by atoms with E-state index in [0.29, 0.717) is 16.6 Å². The summed E-state index contributed by atoms with van der Waals surface area (Å²) in [4.78, 5) is 23.8. The van der Waals surface area contributed by atoms with Gasteiger partial charge in [0.05, 0.1) is 10.5 Å². The number of carbonyl (C=O) groups excluding carboxylic acids is 1. The largest absolute Gasteiger partial charge is 0.341 e. The molecular weight excluding hydrogens is 320 g/mol. The highest BCUT2D eigenvalue weighted by Gasteiger charge is 2.18. The first-order valence-corrected chi connectivity index (χ1v) is 7.34. The fraction of sp³-hybridized carbons (Fsp3) is 0.364. The lowest BCUT2D eigenvalue weighted by molar-refractivity contribution is -0.384. The third-order valence-electron chi connectivity index (χ3n) is 2.37. The van der Waals surface area contributed by atoms with Gasteiger partial charge >= 0.3 is 0 Å². The maximum Gasteiger partial charge on any atom is 0.270 e. The second-order valence-corrected chi connectivity index (χ2v) is 5.48. The van der Waals surface area contributed by atoms with Crippen LogP contribution >= 0.6 is 27.7 Å². The lowest BCUT2D eigenvalue weighted by Gasteiger charge is -2.17. The quantitative estimate of drug-likeness (QED) is 0.614. The minimum Gasteiger partial charge on any atom is -0.341 e. The number of benzene rings is 1. The van der Waals surface area contributed by atoms with Crippen LogP contribution in [0.1, 0.15) is 10.4 Å². The van der Waals surface area contributed by atoms with Crippen LogP contribution in [0.3, 0.4) is 0 Å². The number of nitro groups is 1. The standard InChI is InChI=1S/C11H13BrN2O3S/c1-13(5-6-18-2)11(15)9-7-8(14(16)17)3-4-10(9)12/h3-4,7H,5-6H2,1-2H3. The third-order valence-corrected chi connectivity index (χ3v) is 3.65. The molecule has 0 aliphatic rings. The van der Waals surface area contributed by atoms with Crippen LogP contribution in [0, 0.1) is 10.1 Å². The van der Waals surface area contributed by atoms with E-state index in [-0.39, 0.29) is 11.6 Å². The van der Waals surface area contributed by atoms with Crippen LogP contribution in [0.4, 0.5) is 5.69 Å². The lowest BCUT2D eigenvalue weighted by Crippen LogP contribution is -2.29. The Morgan fingerprint density at radius 1 is 1.56 bits per heavy atom. The Morgan fingerprint density at radius 3 is 2.78 bits per heavy atom. The molecule has 1 aromatic rings. The average molecular weight is 333 g/mol. The van der Waals surface area contributed by atoms with Gasteiger partial charge in [-0.05, 0) is 28.3 Å². The van der Waals surface area contributed by atoms with Gasteiger partial charge in [0.25, 0.3) is 11.6 Å². The Hall–Kier alpha value is -1.08. The Bertz CT molecular complexity index is 468. The molecule has 1 rings (SSSR count). The number of thioether (sulfide) groups is 1. The summed E-state index contributed by atoms with van der Waals surface area (Å²) in [6.45, 7) is 0.606. The summed E-state index contributed by atoms with van der Waals surface area (Å²) in [6.07, 6.45) is 1.96. The molecule has 0 aliphatic carbocycles. The van der Waals surface area contributed by atoms with Crippen LogP contribution in [-0.2, 0) is 0 Å². The normalized spacial score (nSPS) is 10.2. The summed E-state index contributed by atoms with van der Waals surface area (Å²) < 4.78 is 0.564. The number of nitrogens with zero attached hydrogens (tertiary/aromatic N) is 2. The predicted molar refractivity (Wildman–Crippen MR) is 76.1 cm³/mol. The number of non-ortho nitro benzene ring substituents is 1. The fourth-order valence-electron chi connectivity index (χ4n) is 1.33. The van der Waals surface area contributed by atoms with Crippen LogP contribution < -0.4 is 0 Å². The van der Waals surface area contributed by atoms with Gasteiger partial charge in [0.1, 0.15) is 0 Å². The van der Waals surface area contributed by atoms with E-state index in [1.165, 1.54) is 18.2 Å². The molecule has 0 heterocycles. The molecule has 5 nitrogen and oxygen atoms in total. The van der Waals surface area contributed by atoms with Gasteiger partial charge in [0, 0.05) is 36.0 Å². The zero-order valence-corrected chi connectivity index (χ0v) is 12.5. The zero-order chi connectivity index (χ0) is 13.7. The molecule has 0 saturated heterocycles. The van der Waals surface area contributed by atoms with Crippen molar-refractivity contribution in [3.63, 3.8) is 0 Å². The van der Waals surface area contributed by atoms with Crippen molar-refractivity contribution >= 4 is 39.3 Å². The van der Waals surface area contributed by atoms with Gasteiger partial charge in [-0.3, -0.25) is 14.9 Å². The lowest BCUT2D eigenvalue weighted by atomic mass is 10.2. The van der Waals surface area contributed by atoms with Gasteiger partial charge in [0.2, 0.25) is 0 Å². The summed E-state index contributed by atoms with van der Waals surface area (Å²) >= 11 is 4.88. The van der Waals surface area contributed by atoms with Gasteiger partial charge in [-0.1, -0.05) is 0 Å². The summed E-state index contributed by atoms with van der Waals surface area (Å²) in [5.74, 6) is 0.606. The Morgan fingerprint density at radius 2 is 2.22 bits per heavy atom. The molecule has 0 saturated carbocycles. The van der Waals surface area contributed by atoms with Crippen molar-refractivity contribution in [2.45, 2.75) is 0 Å². The van der Waals surface area contributed by atoms with Gasteiger partial charge in [-0.2, -0.15) is 11.8 Å². The van der Waals surface area contributed by atoms with Crippen molar-refractivity contribution in [2.24, 2.45) is 0 Å². The number of carbonyl (C=O) groups is 1. The van der Waals surface area contributed by atoms with E-state index < -0.39 is 4.92 Å². The smallest absolute Gasteiger partial charge is 0.270 e. The predicted octanol–water partition coefficient (Wildman–Crippen LogP) is 2.79. The Balaban J connectivity index is 2.97. The second-order valence-electron chi connectivity index (χ2n) is 3.64. The first kappa shape index (κ1) is 15.0. The number of amides is 1. The van der Waals surface area contributed by atoms with Crippen molar-refractivity contribution in [2.75, 3.05) is 25.6 Å². The first-order chi connectivity index (χ1) is 8.47. The van der Waals surface area contributed by atoms with Crippen LogP contribution in [0.25, 0.3) is 0 Å². The molecule has 98 valence electrons. The highest BCUT2D eigenvalue weighted by atomic mass is 79.9. The minimum atomic E-state index is -0.509. The van der Waals surface area contributed by atoms with Crippen LogP contribution in [0.2, 0.25) is 0 Å². The maximum atomic E-state index is 12.1. The van der Waals surface area contributed by atoms with Gasteiger partial charge in [0.15, 0.2) is 0 Å². The number of rotatable bonds is 5. The second kappa shape index (κ2) is 6.75. The molecule has 0 atom stereocenters. The topological polar surface area (TPSA) is 63.5 Å². The molecule has 1 amide bonds. The molecule has 0 unspecified atom stereocenters. The Kier molecular flexibility index (Phi) is 5.61. The molecular formula is C11H13BrN2O3S. The molecule has 0 fully saturated rings. The number of halogens is 1. The maximum absolute atomic E-state index is 12.1. The number of hydrogen-bond donors (Lipinski definition) is 0. The molecule has 0 aliphatic heterocycles. The monoisotopic (exact) mass is 332 g/mol. The average Bonchev–Trinajstić information content (AvgIpc) is 2.35. The van der Waals surface area contributed by atoms with Crippen molar-refractivity contribution in [3.8, 4) is 0 Å². The molecule has 7 heteroatoms. The van der Waals surface area contributed by atoms with E-state index in [9.17, 15) is 14.9 Å². The molecule has 18 heavy (non-hydrogen) atoms. The van der Waals surface area contributed by atoms with E-state index in [4.69, 9.17) is 0 Å². The zero-order valence-electron chi connectivity index (χ0n) is 10.1. The molecule has 0 aromatic heterocycles. The van der Waals surface area contributed by atoms with E-state index >= 15 is 0 Å². The number of hydrogen-bond acceptors (Lipinski definition) is 4. The molecule has 0 bridgehead atoms. The van der Waals surface area contributed by atoms with E-state index in [0.717, 1.165) is 5.75 Å². The summed E-state index contributed by atoms with van der Waals surface area (Å²) in [6, 6.07) is 4.18. The summed E-state index contributed by atoms with van der Waals surface area (Å²) in [5, 5.41) is 10.7. The van der Waals surface area contributed by atoms with Crippen molar-refractivity contribution < 1.29 is 9.72 Å². The van der Waals surface area contributed by atoms with E-state index in [1.54, 1.807) is 23.7 Å². The highest BCUT2D eigenvalue weighted by Crippen LogP contribution is 2.23. The first-order valence-electron chi connectivity index (χ1n) is 5.15. The summed E-state index contributed by atoms with van der Waals surface area (Å²) in [7, 11) is 1.68. The van der Waals surface area contributed by atoms with Gasteiger partial charge in [-0.25, -0.2) is 0 Å². The highest BCUT2D eigenvalue weighted by molar-refractivity contribution is 9.10. The van der Waals surface area contributed by atoms with Gasteiger partial charge < -0.3 is 4.90 Å². The van der Waals surface area contributed by atoms with Crippen LogP contribution in [0.15, 0.2) is 22.7 Å². The molecule has 1 aromatic carbocycles. The fourth-order valence-corrected chi connectivity index (χ4v) is 2.20. The van der Waals surface area contributed by atoms with Crippen molar-refractivity contribution in [3.05, 3.63) is 38.3 Å². The van der Waals surface area contributed by atoms with Crippen molar-refractivity contribution in [1.82, 2.24) is 4.90 Å².